The molecule has 0 aliphatic carbocycles. The summed E-state index contributed by atoms with van der Waals surface area (Å²) in [7, 11) is -1.28. The molecular formula is C20H20ClNSi. The van der Waals surface area contributed by atoms with Gasteiger partial charge in [-0.25, -0.2) is 4.98 Å². The normalized spacial score (nSPS) is 11.5. The van der Waals surface area contributed by atoms with E-state index in [1.165, 1.54) is 10.8 Å². The Bertz CT molecular complexity index is 805. The Balaban J connectivity index is 2.11. The van der Waals surface area contributed by atoms with Crippen molar-refractivity contribution in [3.05, 3.63) is 72.0 Å². The minimum Gasteiger partial charge on any atom is -0.244 e. The SMILES string of the molecule is C[Si](C)(C)c1ccc(-c2cc(Cl)ncc2-c2ccccc2)cc1. The fourth-order valence-corrected chi connectivity index (χ4v) is 3.99. The molecule has 0 aliphatic heterocycles. The predicted molar refractivity (Wildman–Crippen MR) is 103 cm³/mol. The van der Waals surface area contributed by atoms with Gasteiger partial charge in [-0.2, -0.15) is 0 Å². The summed E-state index contributed by atoms with van der Waals surface area (Å²) in [5.74, 6) is 0. The number of nitrogens with zero attached hydrogens (tertiary/aromatic N) is 1. The Morgan fingerprint density at radius 1 is 0.783 bits per heavy atom. The molecule has 2 aromatic carbocycles. The van der Waals surface area contributed by atoms with E-state index < -0.39 is 8.07 Å². The van der Waals surface area contributed by atoms with E-state index >= 15 is 0 Å². The fourth-order valence-electron chi connectivity index (χ4n) is 2.67. The Morgan fingerprint density at radius 2 is 1.39 bits per heavy atom. The van der Waals surface area contributed by atoms with E-state index in [-0.39, 0.29) is 0 Å². The minimum absolute atomic E-state index is 0.522. The average molecular weight is 338 g/mol. The Kier molecular flexibility index (Phi) is 4.38. The molecule has 3 heteroatoms. The zero-order valence-electron chi connectivity index (χ0n) is 13.7. The third-order valence-corrected chi connectivity index (χ3v) is 6.29. The lowest BCUT2D eigenvalue weighted by atomic mass is 9.97. The molecule has 116 valence electrons. The Labute approximate surface area is 144 Å². The summed E-state index contributed by atoms with van der Waals surface area (Å²) >= 11 is 6.15. The van der Waals surface area contributed by atoms with Gasteiger partial charge in [-0.05, 0) is 22.8 Å². The molecule has 1 nitrogen and oxygen atoms in total. The second-order valence-corrected chi connectivity index (χ2v) is 12.2. The number of pyridine rings is 1. The molecule has 0 spiro atoms. The molecule has 0 unspecified atom stereocenters. The van der Waals surface area contributed by atoms with Gasteiger partial charge in [0, 0.05) is 11.8 Å². The van der Waals surface area contributed by atoms with Crippen LogP contribution in [0.25, 0.3) is 22.3 Å². The van der Waals surface area contributed by atoms with Gasteiger partial charge in [-0.1, -0.05) is 91.0 Å². The predicted octanol–water partition coefficient (Wildman–Crippen LogP) is 5.61. The van der Waals surface area contributed by atoms with Crippen LogP contribution in [-0.2, 0) is 0 Å². The van der Waals surface area contributed by atoms with Crippen LogP contribution in [0.3, 0.4) is 0 Å². The van der Waals surface area contributed by atoms with E-state index in [2.05, 4.69) is 61.0 Å². The summed E-state index contributed by atoms with van der Waals surface area (Å²) in [6.07, 6.45) is 1.86. The van der Waals surface area contributed by atoms with E-state index in [9.17, 15) is 0 Å². The van der Waals surface area contributed by atoms with Crippen LogP contribution >= 0.6 is 11.6 Å². The van der Waals surface area contributed by atoms with Crippen LogP contribution in [-0.4, -0.2) is 13.1 Å². The van der Waals surface area contributed by atoms with Gasteiger partial charge < -0.3 is 0 Å². The van der Waals surface area contributed by atoms with Crippen LogP contribution in [0.15, 0.2) is 66.9 Å². The Hall–Kier alpha value is -1.90. The van der Waals surface area contributed by atoms with E-state index in [1.807, 2.05) is 30.5 Å². The molecule has 23 heavy (non-hydrogen) atoms. The minimum atomic E-state index is -1.28. The number of halogens is 1. The third kappa shape index (κ3) is 3.54. The molecule has 1 aromatic heterocycles. The van der Waals surface area contributed by atoms with Crippen molar-refractivity contribution in [2.45, 2.75) is 19.6 Å². The number of rotatable bonds is 3. The molecule has 0 saturated carbocycles. The van der Waals surface area contributed by atoms with Crippen molar-refractivity contribution >= 4 is 24.9 Å². The maximum absolute atomic E-state index is 6.15. The second kappa shape index (κ2) is 6.30. The number of aromatic nitrogens is 1. The van der Waals surface area contributed by atoms with Crippen LogP contribution in [0.1, 0.15) is 0 Å². The van der Waals surface area contributed by atoms with Gasteiger partial charge in [0.1, 0.15) is 5.15 Å². The lowest BCUT2D eigenvalue weighted by molar-refractivity contribution is 1.33. The van der Waals surface area contributed by atoms with Crippen LogP contribution < -0.4 is 5.19 Å². The fraction of sp³-hybridized carbons (Fsp3) is 0.150. The first-order valence-corrected chi connectivity index (χ1v) is 11.6. The van der Waals surface area contributed by atoms with E-state index in [0.717, 1.165) is 16.7 Å². The summed E-state index contributed by atoms with van der Waals surface area (Å²) in [6, 6.07) is 21.2. The first-order chi connectivity index (χ1) is 10.9. The van der Waals surface area contributed by atoms with Crippen LogP contribution in [0.2, 0.25) is 24.8 Å². The number of benzene rings is 2. The van der Waals surface area contributed by atoms with Gasteiger partial charge in [-0.15, -0.1) is 0 Å². The van der Waals surface area contributed by atoms with Crippen LogP contribution in [0.5, 0.6) is 0 Å². The maximum atomic E-state index is 6.15. The topological polar surface area (TPSA) is 12.9 Å². The highest BCUT2D eigenvalue weighted by atomic mass is 35.5. The summed E-state index contributed by atoms with van der Waals surface area (Å²) in [6.45, 7) is 7.09. The molecular weight excluding hydrogens is 318 g/mol. The van der Waals surface area contributed by atoms with Gasteiger partial charge in [-0.3, -0.25) is 0 Å². The van der Waals surface area contributed by atoms with Crippen molar-refractivity contribution in [3.63, 3.8) is 0 Å². The standard InChI is InChI=1S/C20H20ClNSi/c1-23(2,3)17-11-9-16(10-12-17)18-13-20(21)22-14-19(18)15-7-5-4-6-8-15/h4-14H,1-3H3. The average Bonchev–Trinajstić information content (AvgIpc) is 2.55. The highest BCUT2D eigenvalue weighted by Gasteiger charge is 2.16. The smallest absolute Gasteiger partial charge is 0.129 e. The summed E-state index contributed by atoms with van der Waals surface area (Å²) in [5, 5.41) is 1.98. The lowest BCUT2D eigenvalue weighted by Gasteiger charge is -2.17. The molecule has 0 fully saturated rings. The molecule has 1 heterocycles. The Morgan fingerprint density at radius 3 is 2.00 bits per heavy atom. The first kappa shape index (κ1) is 16.0. The number of hydrogen-bond acceptors (Lipinski definition) is 1. The molecule has 3 aromatic rings. The van der Waals surface area contributed by atoms with Gasteiger partial charge in [0.15, 0.2) is 0 Å². The van der Waals surface area contributed by atoms with Crippen molar-refractivity contribution in [2.75, 3.05) is 0 Å². The molecule has 0 amide bonds. The molecule has 3 rings (SSSR count). The molecule has 0 aliphatic rings. The maximum Gasteiger partial charge on any atom is 0.129 e. The third-order valence-electron chi connectivity index (χ3n) is 4.02. The van der Waals surface area contributed by atoms with Gasteiger partial charge >= 0.3 is 0 Å². The van der Waals surface area contributed by atoms with Crippen molar-refractivity contribution in [3.8, 4) is 22.3 Å². The summed E-state index contributed by atoms with van der Waals surface area (Å²) in [4.78, 5) is 4.27. The largest absolute Gasteiger partial charge is 0.244 e. The van der Waals surface area contributed by atoms with E-state index in [4.69, 9.17) is 11.6 Å². The van der Waals surface area contributed by atoms with Gasteiger partial charge in [0.2, 0.25) is 0 Å². The van der Waals surface area contributed by atoms with Crippen molar-refractivity contribution in [1.82, 2.24) is 4.98 Å². The van der Waals surface area contributed by atoms with Gasteiger partial charge in [0.25, 0.3) is 0 Å². The summed E-state index contributed by atoms with van der Waals surface area (Å²) < 4.78 is 0. The van der Waals surface area contributed by atoms with Gasteiger partial charge in [0.05, 0.1) is 8.07 Å². The molecule has 0 bridgehead atoms. The molecule has 0 saturated heterocycles. The monoisotopic (exact) mass is 337 g/mol. The van der Waals surface area contributed by atoms with Crippen LogP contribution in [0, 0.1) is 0 Å². The molecule has 0 radical (unpaired) electrons. The highest BCUT2D eigenvalue weighted by Crippen LogP contribution is 2.32. The van der Waals surface area contributed by atoms with Crippen LogP contribution in [0.4, 0.5) is 0 Å². The van der Waals surface area contributed by atoms with Crippen molar-refractivity contribution < 1.29 is 0 Å². The quantitative estimate of drug-likeness (QED) is 0.447. The number of hydrogen-bond donors (Lipinski definition) is 0. The van der Waals surface area contributed by atoms with Crippen molar-refractivity contribution in [1.29, 1.82) is 0 Å². The van der Waals surface area contributed by atoms with E-state index in [0.29, 0.717) is 5.15 Å². The van der Waals surface area contributed by atoms with Crippen molar-refractivity contribution in [2.24, 2.45) is 0 Å². The summed E-state index contributed by atoms with van der Waals surface area (Å²) in [5.41, 5.74) is 4.56. The second-order valence-electron chi connectivity index (χ2n) is 6.75. The zero-order chi connectivity index (χ0) is 16.4. The highest BCUT2D eigenvalue weighted by molar-refractivity contribution is 6.88. The van der Waals surface area contributed by atoms with E-state index in [1.54, 1.807) is 0 Å². The molecule has 0 N–H and O–H groups in total. The lowest BCUT2D eigenvalue weighted by Crippen LogP contribution is -2.37. The zero-order valence-corrected chi connectivity index (χ0v) is 15.4. The first-order valence-electron chi connectivity index (χ1n) is 7.77. The molecule has 0 atom stereocenters.